The lowest BCUT2D eigenvalue weighted by Gasteiger charge is -2.24. The number of ether oxygens (including phenoxy) is 1. The zero-order chi connectivity index (χ0) is 25.3. The number of aryl methyl sites for hydroxylation is 1. The maximum Gasteiger partial charge on any atom is 0.338 e. The molecule has 7 nitrogen and oxygen atoms in total. The summed E-state index contributed by atoms with van der Waals surface area (Å²) in [5.41, 5.74) is 2.34. The minimum absolute atomic E-state index is 0.0567. The number of aromatic nitrogens is 1. The number of Topliss-reactive ketones (excluding diaryl/α,β-unsaturated/α-hetero) is 1. The molecule has 1 saturated heterocycles. The van der Waals surface area contributed by atoms with E-state index < -0.39 is 23.7 Å². The molecule has 0 spiro atoms. The summed E-state index contributed by atoms with van der Waals surface area (Å²) in [6, 6.07) is 15.6. The number of aliphatic hydroxyl groups is 1. The van der Waals surface area contributed by atoms with Crippen LogP contribution in [0.2, 0.25) is 0 Å². The second kappa shape index (κ2) is 9.84. The van der Waals surface area contributed by atoms with Crippen molar-refractivity contribution in [3.8, 4) is 0 Å². The van der Waals surface area contributed by atoms with E-state index in [1.165, 1.54) is 17.0 Å². The molecule has 0 radical (unpaired) electrons. The van der Waals surface area contributed by atoms with E-state index in [1.54, 1.807) is 68.6 Å². The highest BCUT2D eigenvalue weighted by Crippen LogP contribution is 2.41. The largest absolute Gasteiger partial charge is 0.507 e. The Hall–Kier alpha value is -3.78. The first-order valence-corrected chi connectivity index (χ1v) is 11.8. The molecule has 3 aromatic rings. The van der Waals surface area contributed by atoms with Crippen LogP contribution in [-0.2, 0) is 14.3 Å². The van der Waals surface area contributed by atoms with Gasteiger partial charge in [0.25, 0.3) is 11.7 Å². The van der Waals surface area contributed by atoms with Crippen LogP contribution >= 0.6 is 15.9 Å². The van der Waals surface area contributed by atoms with Gasteiger partial charge in [-0.25, -0.2) is 4.79 Å². The summed E-state index contributed by atoms with van der Waals surface area (Å²) in [4.78, 5) is 44.3. The predicted molar refractivity (Wildman–Crippen MR) is 135 cm³/mol. The van der Waals surface area contributed by atoms with Crippen molar-refractivity contribution < 1.29 is 24.2 Å². The molecule has 178 valence electrons. The standard InChI is InChI=1S/C27H23BrN2O5/c1-15(2)35-27(34)17-7-10-19(11-8-17)30-23(21-6-4-5-13-29-21)22(25(32)26(30)33)24(31)18-9-12-20(28)16(3)14-18/h4-15,23,31H,1-3H3/b24-22-. The number of ketones is 1. The third kappa shape index (κ3) is 4.74. The lowest BCUT2D eigenvalue weighted by Crippen LogP contribution is -2.29. The van der Waals surface area contributed by atoms with Crippen molar-refractivity contribution >= 4 is 45.0 Å². The van der Waals surface area contributed by atoms with Crippen LogP contribution in [-0.4, -0.2) is 33.9 Å². The van der Waals surface area contributed by atoms with Gasteiger partial charge in [0.1, 0.15) is 11.8 Å². The Kier molecular flexibility index (Phi) is 6.84. The molecule has 1 atom stereocenters. The summed E-state index contributed by atoms with van der Waals surface area (Å²) < 4.78 is 6.07. The van der Waals surface area contributed by atoms with Crippen LogP contribution in [0.25, 0.3) is 5.76 Å². The lowest BCUT2D eigenvalue weighted by atomic mass is 9.97. The van der Waals surface area contributed by atoms with Gasteiger partial charge in [0.15, 0.2) is 0 Å². The molecule has 1 amide bonds. The van der Waals surface area contributed by atoms with Crippen LogP contribution in [0, 0.1) is 6.92 Å². The van der Waals surface area contributed by atoms with Crippen molar-refractivity contribution in [2.45, 2.75) is 32.9 Å². The van der Waals surface area contributed by atoms with E-state index in [0.717, 1.165) is 10.0 Å². The smallest absolute Gasteiger partial charge is 0.338 e. The first kappa shape index (κ1) is 24.3. The minimum atomic E-state index is -0.950. The number of anilines is 1. The Morgan fingerprint density at radius 3 is 2.34 bits per heavy atom. The fourth-order valence-corrected chi connectivity index (χ4v) is 4.15. The second-order valence-electron chi connectivity index (χ2n) is 8.39. The number of aliphatic hydroxyl groups excluding tert-OH is 1. The Bertz CT molecular complexity index is 1330. The minimum Gasteiger partial charge on any atom is -0.507 e. The Morgan fingerprint density at radius 1 is 1.06 bits per heavy atom. The molecule has 2 heterocycles. The number of benzene rings is 2. The van der Waals surface area contributed by atoms with Gasteiger partial charge in [-0.05, 0) is 74.9 Å². The average Bonchev–Trinajstić information content (AvgIpc) is 3.11. The van der Waals surface area contributed by atoms with Gasteiger partial charge < -0.3 is 9.84 Å². The highest BCUT2D eigenvalue weighted by molar-refractivity contribution is 9.10. The van der Waals surface area contributed by atoms with Gasteiger partial charge >= 0.3 is 5.97 Å². The first-order valence-electron chi connectivity index (χ1n) is 11.0. The molecule has 0 bridgehead atoms. The molecule has 1 unspecified atom stereocenters. The van der Waals surface area contributed by atoms with Gasteiger partial charge in [0.2, 0.25) is 0 Å². The number of halogens is 1. The molecule has 1 aromatic heterocycles. The monoisotopic (exact) mass is 534 g/mol. The maximum atomic E-state index is 13.2. The summed E-state index contributed by atoms with van der Waals surface area (Å²) >= 11 is 3.43. The average molecular weight is 535 g/mol. The summed E-state index contributed by atoms with van der Waals surface area (Å²) in [5, 5.41) is 11.2. The summed E-state index contributed by atoms with van der Waals surface area (Å²) in [5.74, 6) is -2.38. The Labute approximate surface area is 211 Å². The van der Waals surface area contributed by atoms with Gasteiger partial charge in [-0.3, -0.25) is 19.5 Å². The summed E-state index contributed by atoms with van der Waals surface area (Å²) in [6.07, 6.45) is 1.29. The Morgan fingerprint density at radius 2 is 1.74 bits per heavy atom. The van der Waals surface area contributed by atoms with E-state index >= 15 is 0 Å². The second-order valence-corrected chi connectivity index (χ2v) is 9.24. The molecule has 0 aliphatic carbocycles. The van der Waals surface area contributed by atoms with E-state index in [9.17, 15) is 19.5 Å². The van der Waals surface area contributed by atoms with Crippen LogP contribution in [0.1, 0.15) is 47.1 Å². The van der Waals surface area contributed by atoms with Gasteiger partial charge in [-0.2, -0.15) is 0 Å². The van der Waals surface area contributed by atoms with Gasteiger partial charge in [0, 0.05) is 21.9 Å². The third-order valence-corrected chi connectivity index (χ3v) is 6.46. The number of esters is 1. The van der Waals surface area contributed by atoms with Gasteiger partial charge in [-0.15, -0.1) is 0 Å². The highest BCUT2D eigenvalue weighted by atomic mass is 79.9. The molecule has 2 aromatic carbocycles. The van der Waals surface area contributed by atoms with Gasteiger partial charge in [0.05, 0.1) is 22.9 Å². The molecule has 1 fully saturated rings. The van der Waals surface area contributed by atoms with Crippen LogP contribution in [0.5, 0.6) is 0 Å². The van der Waals surface area contributed by atoms with Crippen molar-refractivity contribution in [1.29, 1.82) is 0 Å². The van der Waals surface area contributed by atoms with Crippen molar-refractivity contribution in [2.75, 3.05) is 4.90 Å². The van der Waals surface area contributed by atoms with Crippen molar-refractivity contribution in [3.05, 3.63) is 99.3 Å². The first-order chi connectivity index (χ1) is 16.7. The van der Waals surface area contributed by atoms with E-state index in [2.05, 4.69) is 20.9 Å². The number of rotatable bonds is 5. The van der Waals surface area contributed by atoms with E-state index in [0.29, 0.717) is 22.5 Å². The molecule has 4 rings (SSSR count). The third-order valence-electron chi connectivity index (χ3n) is 5.57. The zero-order valence-electron chi connectivity index (χ0n) is 19.4. The van der Waals surface area contributed by atoms with Crippen LogP contribution in [0.3, 0.4) is 0 Å². The number of hydrogen-bond acceptors (Lipinski definition) is 6. The number of nitrogens with zero attached hydrogens (tertiary/aromatic N) is 2. The fourth-order valence-electron chi connectivity index (χ4n) is 3.90. The highest BCUT2D eigenvalue weighted by Gasteiger charge is 2.47. The molecule has 1 aliphatic rings. The maximum absolute atomic E-state index is 13.2. The molecule has 35 heavy (non-hydrogen) atoms. The van der Waals surface area contributed by atoms with Crippen molar-refractivity contribution in [1.82, 2.24) is 4.98 Å². The van der Waals surface area contributed by atoms with E-state index in [-0.39, 0.29) is 17.4 Å². The van der Waals surface area contributed by atoms with E-state index in [1.807, 2.05) is 6.92 Å². The lowest BCUT2D eigenvalue weighted by molar-refractivity contribution is -0.132. The number of hydrogen-bond donors (Lipinski definition) is 1. The SMILES string of the molecule is Cc1cc(/C(O)=C2/C(=O)C(=O)N(c3ccc(C(=O)OC(C)C)cc3)C2c2ccccn2)ccc1Br. The number of amides is 1. The summed E-state index contributed by atoms with van der Waals surface area (Å²) in [7, 11) is 0. The molecule has 0 saturated carbocycles. The van der Waals surface area contributed by atoms with E-state index in [4.69, 9.17) is 4.74 Å². The van der Waals surface area contributed by atoms with Crippen LogP contribution in [0.15, 0.2) is 76.9 Å². The van der Waals surface area contributed by atoms with Gasteiger partial charge in [-0.1, -0.05) is 28.1 Å². The zero-order valence-corrected chi connectivity index (χ0v) is 20.9. The molecular weight excluding hydrogens is 512 g/mol. The molecule has 8 heteroatoms. The van der Waals surface area contributed by atoms with Crippen molar-refractivity contribution in [2.24, 2.45) is 0 Å². The van der Waals surface area contributed by atoms with Crippen molar-refractivity contribution in [3.63, 3.8) is 0 Å². The molecule has 1 N–H and O–H groups in total. The summed E-state index contributed by atoms with van der Waals surface area (Å²) in [6.45, 7) is 5.37. The number of carbonyl (C=O) groups is 3. The number of carbonyl (C=O) groups excluding carboxylic acids is 3. The van der Waals surface area contributed by atoms with Crippen LogP contribution < -0.4 is 4.90 Å². The van der Waals surface area contributed by atoms with Crippen LogP contribution in [0.4, 0.5) is 5.69 Å². The normalized spacial score (nSPS) is 17.2. The topological polar surface area (TPSA) is 96.8 Å². The Balaban J connectivity index is 1.83. The predicted octanol–water partition coefficient (Wildman–Crippen LogP) is 5.34. The fraction of sp³-hybridized carbons (Fsp3) is 0.185. The quantitative estimate of drug-likeness (QED) is 0.205. The number of pyridine rings is 1. The molecule has 1 aliphatic heterocycles. The molecular formula is C27H23BrN2O5.